The second kappa shape index (κ2) is 4.97. The van der Waals surface area contributed by atoms with Crippen molar-refractivity contribution in [2.75, 3.05) is 13.7 Å². The number of methoxy groups -OCH3 is 1. The van der Waals surface area contributed by atoms with Crippen LogP contribution in [0.2, 0.25) is 0 Å². The van der Waals surface area contributed by atoms with Gasteiger partial charge in [0.1, 0.15) is 11.5 Å². The molecule has 18 heavy (non-hydrogen) atoms. The van der Waals surface area contributed by atoms with Crippen LogP contribution >= 0.6 is 0 Å². The highest BCUT2D eigenvalue weighted by Gasteiger charge is 2.48. The summed E-state index contributed by atoms with van der Waals surface area (Å²) in [6, 6.07) is 1.70. The number of rotatable bonds is 2. The Morgan fingerprint density at radius 2 is 2.00 bits per heavy atom. The first-order valence-electron chi connectivity index (χ1n) is 6.45. The molecule has 0 radical (unpaired) electrons. The lowest BCUT2D eigenvalue weighted by Gasteiger charge is -2.29. The van der Waals surface area contributed by atoms with Crippen LogP contribution in [0.25, 0.3) is 0 Å². The third-order valence-electron chi connectivity index (χ3n) is 4.07. The molecule has 2 rings (SSSR count). The van der Waals surface area contributed by atoms with E-state index in [0.29, 0.717) is 25.8 Å². The minimum Gasteiger partial charge on any atom is -0.467 e. The van der Waals surface area contributed by atoms with Crippen LogP contribution in [-0.4, -0.2) is 36.5 Å². The number of carbonyl (C=O) groups is 2. The molecule has 1 amide bonds. The van der Waals surface area contributed by atoms with Gasteiger partial charge in [0.15, 0.2) is 0 Å². The molecule has 1 unspecified atom stereocenters. The van der Waals surface area contributed by atoms with Crippen LogP contribution in [0.15, 0.2) is 0 Å². The number of likely N-dealkylation sites (tertiary alicyclic amines) is 1. The first kappa shape index (κ1) is 12.9. The van der Waals surface area contributed by atoms with Crippen LogP contribution in [0.4, 0.5) is 0 Å². The van der Waals surface area contributed by atoms with Gasteiger partial charge in [0.2, 0.25) is 5.91 Å². The minimum absolute atomic E-state index is 0.171. The molecule has 2 aliphatic rings. The Hall–Kier alpha value is -1.57. The summed E-state index contributed by atoms with van der Waals surface area (Å²) in [5, 5.41) is 9.32. The van der Waals surface area contributed by atoms with Crippen molar-refractivity contribution in [1.29, 1.82) is 5.26 Å². The fraction of sp³-hybridized carbons (Fsp3) is 0.769. The normalized spacial score (nSPS) is 25.8. The van der Waals surface area contributed by atoms with Crippen molar-refractivity contribution in [3.63, 3.8) is 0 Å². The molecule has 0 aromatic rings. The van der Waals surface area contributed by atoms with Crippen LogP contribution in [0.3, 0.4) is 0 Å². The van der Waals surface area contributed by atoms with Crippen molar-refractivity contribution in [1.82, 2.24) is 4.90 Å². The SMILES string of the molecule is COC(=O)C1CCCN1C(=O)C1(C#N)CCCC1. The number of amides is 1. The van der Waals surface area contributed by atoms with Gasteiger partial charge < -0.3 is 9.64 Å². The molecule has 1 aliphatic carbocycles. The molecule has 0 aromatic heterocycles. The van der Waals surface area contributed by atoms with Crippen LogP contribution in [0.1, 0.15) is 38.5 Å². The van der Waals surface area contributed by atoms with Gasteiger partial charge in [0.05, 0.1) is 13.2 Å². The van der Waals surface area contributed by atoms with Crippen LogP contribution in [0.5, 0.6) is 0 Å². The highest BCUT2D eigenvalue weighted by atomic mass is 16.5. The molecule has 1 atom stereocenters. The summed E-state index contributed by atoms with van der Waals surface area (Å²) in [7, 11) is 1.33. The molecule has 1 heterocycles. The Morgan fingerprint density at radius 1 is 1.33 bits per heavy atom. The molecule has 5 heteroatoms. The van der Waals surface area contributed by atoms with E-state index in [1.807, 2.05) is 0 Å². The zero-order valence-electron chi connectivity index (χ0n) is 10.6. The molecule has 1 saturated carbocycles. The van der Waals surface area contributed by atoms with Crippen molar-refractivity contribution in [2.24, 2.45) is 5.41 Å². The van der Waals surface area contributed by atoms with Gasteiger partial charge in [0.25, 0.3) is 0 Å². The average molecular weight is 250 g/mol. The van der Waals surface area contributed by atoms with E-state index in [2.05, 4.69) is 6.07 Å². The number of hydrogen-bond donors (Lipinski definition) is 0. The molecule has 0 aromatic carbocycles. The van der Waals surface area contributed by atoms with Gasteiger partial charge in [-0.15, -0.1) is 0 Å². The maximum atomic E-state index is 12.5. The summed E-state index contributed by atoms with van der Waals surface area (Å²) in [4.78, 5) is 25.7. The molecular formula is C13H18N2O3. The summed E-state index contributed by atoms with van der Waals surface area (Å²) in [6.45, 7) is 0.558. The quantitative estimate of drug-likeness (QED) is 0.691. The molecule has 2 fully saturated rings. The van der Waals surface area contributed by atoms with E-state index in [9.17, 15) is 14.9 Å². The van der Waals surface area contributed by atoms with Gasteiger partial charge in [-0.1, -0.05) is 12.8 Å². The van der Waals surface area contributed by atoms with E-state index in [4.69, 9.17) is 4.74 Å². The van der Waals surface area contributed by atoms with Gasteiger partial charge in [-0.3, -0.25) is 4.79 Å². The molecular weight excluding hydrogens is 232 g/mol. The average Bonchev–Trinajstić information content (AvgIpc) is 3.06. The zero-order valence-corrected chi connectivity index (χ0v) is 10.6. The van der Waals surface area contributed by atoms with Gasteiger partial charge in [-0.2, -0.15) is 5.26 Å². The van der Waals surface area contributed by atoms with Crippen molar-refractivity contribution >= 4 is 11.9 Å². The third-order valence-corrected chi connectivity index (χ3v) is 4.07. The third kappa shape index (κ3) is 1.96. The number of ether oxygens (including phenoxy) is 1. The lowest BCUT2D eigenvalue weighted by Crippen LogP contribution is -2.47. The molecule has 0 spiro atoms. The van der Waals surface area contributed by atoms with E-state index < -0.39 is 11.5 Å². The van der Waals surface area contributed by atoms with Crippen molar-refractivity contribution in [3.8, 4) is 6.07 Å². The Balaban J connectivity index is 2.18. The monoisotopic (exact) mass is 250 g/mol. The summed E-state index contributed by atoms with van der Waals surface area (Å²) in [5.41, 5.74) is -0.892. The van der Waals surface area contributed by atoms with Gasteiger partial charge in [-0.25, -0.2) is 4.79 Å². The largest absolute Gasteiger partial charge is 0.467 e. The van der Waals surface area contributed by atoms with Gasteiger partial charge in [-0.05, 0) is 25.7 Å². The molecule has 1 saturated heterocycles. The standard InChI is InChI=1S/C13H18N2O3/c1-18-11(16)10-5-4-8-15(10)12(17)13(9-14)6-2-3-7-13/h10H,2-8H2,1H3. The summed E-state index contributed by atoms with van der Waals surface area (Å²) in [5.74, 6) is -0.540. The minimum atomic E-state index is -0.892. The Bertz CT molecular complexity index is 394. The summed E-state index contributed by atoms with van der Waals surface area (Å²) < 4.78 is 4.73. The zero-order chi connectivity index (χ0) is 13.2. The lowest BCUT2D eigenvalue weighted by molar-refractivity contribution is -0.153. The second-order valence-electron chi connectivity index (χ2n) is 5.08. The smallest absolute Gasteiger partial charge is 0.328 e. The number of esters is 1. The fourth-order valence-electron chi connectivity index (χ4n) is 3.02. The maximum Gasteiger partial charge on any atom is 0.328 e. The first-order chi connectivity index (χ1) is 8.64. The Kier molecular flexibility index (Phi) is 3.55. The fourth-order valence-corrected chi connectivity index (χ4v) is 3.02. The van der Waals surface area contributed by atoms with Crippen molar-refractivity contribution in [3.05, 3.63) is 0 Å². The van der Waals surface area contributed by atoms with Crippen molar-refractivity contribution in [2.45, 2.75) is 44.6 Å². The van der Waals surface area contributed by atoms with Crippen LogP contribution in [-0.2, 0) is 14.3 Å². The predicted molar refractivity (Wildman–Crippen MR) is 63.3 cm³/mol. The maximum absolute atomic E-state index is 12.5. The van der Waals surface area contributed by atoms with E-state index in [1.165, 1.54) is 7.11 Å². The number of nitrogens with zero attached hydrogens (tertiary/aromatic N) is 2. The highest BCUT2D eigenvalue weighted by molar-refractivity contribution is 5.90. The van der Waals surface area contributed by atoms with Crippen LogP contribution in [0, 0.1) is 16.7 Å². The van der Waals surface area contributed by atoms with Gasteiger partial charge >= 0.3 is 5.97 Å². The Morgan fingerprint density at radius 3 is 2.56 bits per heavy atom. The van der Waals surface area contributed by atoms with E-state index in [-0.39, 0.29) is 11.9 Å². The van der Waals surface area contributed by atoms with E-state index in [0.717, 1.165) is 19.3 Å². The summed E-state index contributed by atoms with van der Waals surface area (Å²) in [6.07, 6.45) is 4.50. The molecule has 5 nitrogen and oxygen atoms in total. The molecule has 98 valence electrons. The first-order valence-corrected chi connectivity index (χ1v) is 6.45. The number of hydrogen-bond acceptors (Lipinski definition) is 4. The number of nitriles is 1. The summed E-state index contributed by atoms with van der Waals surface area (Å²) >= 11 is 0. The predicted octanol–water partition coefficient (Wildman–Crippen LogP) is 1.23. The van der Waals surface area contributed by atoms with Crippen molar-refractivity contribution < 1.29 is 14.3 Å². The highest BCUT2D eigenvalue weighted by Crippen LogP contribution is 2.40. The molecule has 0 N–H and O–H groups in total. The van der Waals surface area contributed by atoms with Gasteiger partial charge in [0, 0.05) is 6.54 Å². The van der Waals surface area contributed by atoms with Crippen LogP contribution < -0.4 is 0 Å². The van der Waals surface area contributed by atoms with E-state index >= 15 is 0 Å². The number of carbonyl (C=O) groups excluding carboxylic acids is 2. The van der Waals surface area contributed by atoms with E-state index in [1.54, 1.807) is 4.90 Å². The molecule has 1 aliphatic heterocycles. The molecule has 0 bridgehead atoms. The Labute approximate surface area is 107 Å². The lowest BCUT2D eigenvalue weighted by atomic mass is 9.86. The topological polar surface area (TPSA) is 70.4 Å². The second-order valence-corrected chi connectivity index (χ2v) is 5.08.